The highest BCUT2D eigenvalue weighted by molar-refractivity contribution is 5.80. The second-order valence-corrected chi connectivity index (χ2v) is 7.84. The summed E-state index contributed by atoms with van der Waals surface area (Å²) >= 11 is 0. The van der Waals surface area contributed by atoms with Gasteiger partial charge in [0.1, 0.15) is 0 Å². The minimum absolute atomic E-state index is 0.00933. The molecule has 0 N–H and O–H groups in total. The van der Waals surface area contributed by atoms with Gasteiger partial charge in [-0.25, -0.2) is 0 Å². The van der Waals surface area contributed by atoms with Crippen LogP contribution in [0.5, 0.6) is 0 Å². The number of rotatable bonds is 4. The number of ether oxygens (including phenoxy) is 1. The second-order valence-electron chi connectivity index (χ2n) is 7.84. The Bertz CT molecular complexity index is 641. The highest BCUT2D eigenvalue weighted by Gasteiger charge is 2.39. The number of morpholine rings is 1. The van der Waals surface area contributed by atoms with Gasteiger partial charge in [-0.2, -0.15) is 0 Å². The fraction of sp³-hybridized carbons (Fsp3) is 0.619. The summed E-state index contributed by atoms with van der Waals surface area (Å²) < 4.78 is 6.08. The molecule has 2 saturated heterocycles. The molecule has 1 aromatic carbocycles. The van der Waals surface area contributed by atoms with Gasteiger partial charge in [0.15, 0.2) is 0 Å². The Morgan fingerprint density at radius 3 is 2.37 bits per heavy atom. The van der Waals surface area contributed by atoms with E-state index in [1.807, 2.05) is 42.1 Å². The maximum Gasteiger partial charge on any atom is 0.226 e. The van der Waals surface area contributed by atoms with Crippen molar-refractivity contribution < 1.29 is 14.3 Å². The minimum Gasteiger partial charge on any atom is -0.373 e. The highest BCUT2D eigenvalue weighted by Crippen LogP contribution is 2.33. The van der Waals surface area contributed by atoms with Gasteiger partial charge in [-0.1, -0.05) is 30.3 Å². The smallest absolute Gasteiger partial charge is 0.226 e. The maximum atomic E-state index is 13.4. The van der Waals surface area contributed by atoms with Crippen LogP contribution in [0.15, 0.2) is 30.3 Å². The largest absolute Gasteiger partial charge is 0.373 e. The van der Waals surface area contributed by atoms with Crippen molar-refractivity contribution in [1.82, 2.24) is 14.7 Å². The Morgan fingerprint density at radius 1 is 1.11 bits per heavy atom. The molecule has 2 atom stereocenters. The quantitative estimate of drug-likeness (QED) is 0.807. The van der Waals surface area contributed by atoms with E-state index in [-0.39, 0.29) is 29.9 Å². The normalized spacial score (nSPS) is 24.3. The zero-order valence-electron chi connectivity index (χ0n) is 16.6. The summed E-state index contributed by atoms with van der Waals surface area (Å²) in [5.41, 5.74) is 1.12. The van der Waals surface area contributed by atoms with E-state index in [4.69, 9.17) is 4.74 Å². The Kier molecular flexibility index (Phi) is 6.50. The molecule has 0 spiro atoms. The SMILES string of the molecule is CC(=O)N1CCC(C(=O)N2CCO[C@@H](CN(C)C)[C@@H]2c2ccccc2)CC1. The molecule has 2 fully saturated rings. The van der Waals surface area contributed by atoms with E-state index in [1.165, 1.54) is 0 Å². The van der Waals surface area contributed by atoms with E-state index in [1.54, 1.807) is 6.92 Å². The molecule has 2 aliphatic rings. The van der Waals surface area contributed by atoms with Crippen molar-refractivity contribution in [2.75, 3.05) is 46.9 Å². The van der Waals surface area contributed by atoms with Crippen molar-refractivity contribution in [3.63, 3.8) is 0 Å². The Morgan fingerprint density at radius 2 is 1.78 bits per heavy atom. The van der Waals surface area contributed by atoms with E-state index < -0.39 is 0 Å². The van der Waals surface area contributed by atoms with E-state index >= 15 is 0 Å². The van der Waals surface area contributed by atoms with Crippen LogP contribution in [0, 0.1) is 5.92 Å². The third-order valence-electron chi connectivity index (χ3n) is 5.61. The molecule has 2 aliphatic heterocycles. The number of piperidine rings is 1. The lowest BCUT2D eigenvalue weighted by Gasteiger charge is -2.44. The molecular weight excluding hydrogens is 342 g/mol. The topological polar surface area (TPSA) is 53.1 Å². The molecule has 2 amide bonds. The summed E-state index contributed by atoms with van der Waals surface area (Å²) in [6.07, 6.45) is 1.45. The number of benzene rings is 1. The van der Waals surface area contributed by atoms with Gasteiger partial charge < -0.3 is 19.4 Å². The number of nitrogens with zero attached hydrogens (tertiary/aromatic N) is 3. The van der Waals surface area contributed by atoms with Crippen molar-refractivity contribution in [3.05, 3.63) is 35.9 Å². The fourth-order valence-electron chi connectivity index (χ4n) is 4.21. The van der Waals surface area contributed by atoms with Crippen LogP contribution >= 0.6 is 0 Å². The first kappa shape index (κ1) is 19.8. The lowest BCUT2D eigenvalue weighted by molar-refractivity contribution is -0.154. The Labute approximate surface area is 162 Å². The zero-order valence-corrected chi connectivity index (χ0v) is 16.6. The molecule has 148 valence electrons. The van der Waals surface area contributed by atoms with Crippen LogP contribution in [0.25, 0.3) is 0 Å². The average molecular weight is 373 g/mol. The molecule has 3 rings (SSSR count). The van der Waals surface area contributed by atoms with Crippen LogP contribution in [0.4, 0.5) is 0 Å². The maximum absolute atomic E-state index is 13.4. The molecule has 0 aliphatic carbocycles. The summed E-state index contributed by atoms with van der Waals surface area (Å²) in [6, 6.07) is 10.1. The predicted octanol–water partition coefficient (Wildman–Crippen LogP) is 1.78. The molecule has 0 saturated carbocycles. The summed E-state index contributed by atoms with van der Waals surface area (Å²) in [4.78, 5) is 30.9. The van der Waals surface area contributed by atoms with Gasteiger partial charge in [0.05, 0.1) is 18.8 Å². The van der Waals surface area contributed by atoms with Gasteiger partial charge in [0.2, 0.25) is 11.8 Å². The number of likely N-dealkylation sites (tertiary alicyclic amines) is 1. The van der Waals surface area contributed by atoms with Crippen LogP contribution in [-0.4, -0.2) is 79.5 Å². The highest BCUT2D eigenvalue weighted by atomic mass is 16.5. The second kappa shape index (κ2) is 8.85. The average Bonchev–Trinajstić information content (AvgIpc) is 2.67. The number of likely N-dealkylation sites (N-methyl/N-ethyl adjacent to an activating group) is 1. The van der Waals surface area contributed by atoms with Crippen LogP contribution in [0.1, 0.15) is 31.4 Å². The van der Waals surface area contributed by atoms with Crippen LogP contribution in [-0.2, 0) is 14.3 Å². The van der Waals surface area contributed by atoms with Crippen LogP contribution < -0.4 is 0 Å². The molecule has 0 bridgehead atoms. The zero-order chi connectivity index (χ0) is 19.4. The molecule has 6 nitrogen and oxygen atoms in total. The first-order valence-electron chi connectivity index (χ1n) is 9.84. The van der Waals surface area contributed by atoms with Crippen molar-refractivity contribution in [2.45, 2.75) is 31.9 Å². The number of carbonyl (C=O) groups excluding carboxylic acids is 2. The van der Waals surface area contributed by atoms with E-state index in [0.29, 0.717) is 26.2 Å². The molecule has 2 heterocycles. The summed E-state index contributed by atoms with van der Waals surface area (Å²) in [5.74, 6) is 0.296. The van der Waals surface area contributed by atoms with Crippen molar-refractivity contribution in [3.8, 4) is 0 Å². The lowest BCUT2D eigenvalue weighted by atomic mass is 9.91. The molecular formula is C21H31N3O3. The predicted molar refractivity (Wildman–Crippen MR) is 104 cm³/mol. The lowest BCUT2D eigenvalue weighted by Crippen LogP contribution is -2.53. The van der Waals surface area contributed by atoms with Crippen molar-refractivity contribution in [2.24, 2.45) is 5.92 Å². The molecule has 1 aromatic rings. The van der Waals surface area contributed by atoms with Gasteiger partial charge in [-0.3, -0.25) is 9.59 Å². The Hall–Kier alpha value is -1.92. The number of amides is 2. The monoisotopic (exact) mass is 373 g/mol. The standard InChI is InChI=1S/C21H31N3O3/c1-16(25)23-11-9-18(10-12-23)21(26)24-13-14-27-19(15-22(2)3)20(24)17-7-5-4-6-8-17/h4-8,18-20H,9-15H2,1-3H3/t19-,20-/m0/s1. The van der Waals surface area contributed by atoms with Gasteiger partial charge in [0.25, 0.3) is 0 Å². The third kappa shape index (κ3) is 4.68. The molecule has 6 heteroatoms. The van der Waals surface area contributed by atoms with Crippen molar-refractivity contribution in [1.29, 1.82) is 0 Å². The third-order valence-corrected chi connectivity index (χ3v) is 5.61. The number of hydrogen-bond donors (Lipinski definition) is 0. The molecule has 0 unspecified atom stereocenters. The first-order valence-corrected chi connectivity index (χ1v) is 9.84. The van der Waals surface area contributed by atoms with Crippen LogP contribution in [0.2, 0.25) is 0 Å². The Balaban J connectivity index is 1.79. The van der Waals surface area contributed by atoms with E-state index in [9.17, 15) is 9.59 Å². The van der Waals surface area contributed by atoms with Gasteiger partial charge in [0, 0.05) is 39.0 Å². The summed E-state index contributed by atoms with van der Waals surface area (Å²) in [5, 5.41) is 0. The number of hydrogen-bond acceptors (Lipinski definition) is 4. The minimum atomic E-state index is -0.0688. The van der Waals surface area contributed by atoms with E-state index in [2.05, 4.69) is 17.0 Å². The van der Waals surface area contributed by atoms with E-state index in [0.717, 1.165) is 24.9 Å². The summed E-state index contributed by atoms with van der Waals surface area (Å²) in [6.45, 7) is 4.91. The molecule has 0 aromatic heterocycles. The van der Waals surface area contributed by atoms with Crippen LogP contribution in [0.3, 0.4) is 0 Å². The summed E-state index contributed by atoms with van der Waals surface area (Å²) in [7, 11) is 4.06. The van der Waals surface area contributed by atoms with Gasteiger partial charge in [-0.15, -0.1) is 0 Å². The van der Waals surface area contributed by atoms with Crippen molar-refractivity contribution >= 4 is 11.8 Å². The van der Waals surface area contributed by atoms with Gasteiger partial charge in [-0.05, 0) is 32.5 Å². The first-order chi connectivity index (χ1) is 13.0. The van der Waals surface area contributed by atoms with Gasteiger partial charge >= 0.3 is 0 Å². The number of carbonyl (C=O) groups is 2. The fourth-order valence-corrected chi connectivity index (χ4v) is 4.21. The molecule has 27 heavy (non-hydrogen) atoms. The molecule has 0 radical (unpaired) electrons.